The molecule has 0 aliphatic carbocycles. The number of aryl methyl sites for hydroxylation is 1. The van der Waals surface area contributed by atoms with E-state index in [1.165, 1.54) is 11.3 Å². The molecule has 6 heteroatoms. The van der Waals surface area contributed by atoms with E-state index in [1.807, 2.05) is 43.3 Å². The van der Waals surface area contributed by atoms with Gasteiger partial charge in [0.05, 0.1) is 4.83 Å². The van der Waals surface area contributed by atoms with E-state index in [0.717, 1.165) is 16.9 Å². The summed E-state index contributed by atoms with van der Waals surface area (Å²) >= 11 is 4.83. The molecule has 0 aliphatic heterocycles. The second kappa shape index (κ2) is 6.85. The number of hydrogen-bond donors (Lipinski definition) is 1. The maximum atomic E-state index is 12.2. The van der Waals surface area contributed by atoms with E-state index in [1.54, 1.807) is 6.07 Å². The molecule has 0 amide bonds. The van der Waals surface area contributed by atoms with Crippen LogP contribution in [0.5, 0.6) is 0 Å². The Morgan fingerprint density at radius 3 is 2.50 bits per heavy atom. The van der Waals surface area contributed by atoms with Gasteiger partial charge in [-0.15, -0.1) is 11.3 Å². The number of rotatable bonds is 6. The monoisotopic (exact) mass is 373 g/mol. The lowest BCUT2D eigenvalue weighted by Crippen LogP contribution is -2.26. The van der Waals surface area contributed by atoms with Gasteiger partial charge in [0.1, 0.15) is 4.21 Å². The third kappa shape index (κ3) is 3.91. The zero-order valence-electron chi connectivity index (χ0n) is 11.0. The molecule has 2 rings (SSSR count). The van der Waals surface area contributed by atoms with E-state index >= 15 is 0 Å². The summed E-state index contributed by atoms with van der Waals surface area (Å²) in [6, 6.07) is 13.3. The molecular weight excluding hydrogens is 358 g/mol. The number of thiophene rings is 1. The molecule has 0 saturated heterocycles. The van der Waals surface area contributed by atoms with Crippen molar-refractivity contribution < 1.29 is 8.42 Å². The van der Waals surface area contributed by atoms with Crippen LogP contribution in [-0.4, -0.2) is 15.0 Å². The second-order valence-corrected chi connectivity index (χ2v) is 8.57. The summed E-state index contributed by atoms with van der Waals surface area (Å²) in [4.78, 5) is 1.04. The first kappa shape index (κ1) is 15.7. The van der Waals surface area contributed by atoms with E-state index in [9.17, 15) is 8.42 Å². The van der Waals surface area contributed by atoms with E-state index in [2.05, 4.69) is 20.7 Å². The van der Waals surface area contributed by atoms with Crippen LogP contribution in [0, 0.1) is 0 Å². The summed E-state index contributed by atoms with van der Waals surface area (Å²) < 4.78 is 27.4. The quantitative estimate of drug-likeness (QED) is 0.784. The van der Waals surface area contributed by atoms with Crippen molar-refractivity contribution in [2.75, 3.05) is 6.54 Å². The molecule has 1 atom stereocenters. The van der Waals surface area contributed by atoms with Crippen LogP contribution < -0.4 is 4.72 Å². The molecule has 0 aliphatic rings. The molecule has 0 spiro atoms. The topological polar surface area (TPSA) is 46.2 Å². The predicted octanol–water partition coefficient (Wildman–Crippen LogP) is 3.73. The van der Waals surface area contributed by atoms with E-state index < -0.39 is 10.0 Å². The molecule has 20 heavy (non-hydrogen) atoms. The minimum atomic E-state index is -3.41. The lowest BCUT2D eigenvalue weighted by molar-refractivity contribution is 0.583. The fraction of sp³-hybridized carbons (Fsp3) is 0.286. The minimum absolute atomic E-state index is 0.0379. The molecule has 0 saturated carbocycles. The fourth-order valence-corrected chi connectivity index (χ4v) is 4.79. The van der Waals surface area contributed by atoms with Crippen molar-refractivity contribution in [3.63, 3.8) is 0 Å². The number of sulfonamides is 1. The molecule has 0 radical (unpaired) electrons. The van der Waals surface area contributed by atoms with Gasteiger partial charge in [-0.25, -0.2) is 13.1 Å². The average molecular weight is 374 g/mol. The molecule has 2 aromatic rings. The van der Waals surface area contributed by atoms with Gasteiger partial charge in [-0.05, 0) is 24.1 Å². The summed E-state index contributed by atoms with van der Waals surface area (Å²) in [5.74, 6) is 0. The highest BCUT2D eigenvalue weighted by molar-refractivity contribution is 9.09. The van der Waals surface area contributed by atoms with Crippen molar-refractivity contribution in [3.05, 3.63) is 52.9 Å². The number of halogens is 1. The van der Waals surface area contributed by atoms with Gasteiger partial charge in [0.15, 0.2) is 0 Å². The summed E-state index contributed by atoms with van der Waals surface area (Å²) in [6.45, 7) is 2.34. The van der Waals surface area contributed by atoms with Gasteiger partial charge >= 0.3 is 0 Å². The fourth-order valence-electron chi connectivity index (χ4n) is 1.73. The first-order valence-electron chi connectivity index (χ1n) is 6.30. The molecule has 0 fully saturated rings. The molecule has 1 N–H and O–H groups in total. The third-order valence-electron chi connectivity index (χ3n) is 2.86. The molecule has 1 aromatic heterocycles. The highest BCUT2D eigenvalue weighted by Gasteiger charge is 2.18. The summed E-state index contributed by atoms with van der Waals surface area (Å²) in [5, 5.41) is 0. The van der Waals surface area contributed by atoms with Crippen LogP contribution in [0.4, 0.5) is 0 Å². The largest absolute Gasteiger partial charge is 0.250 e. The average Bonchev–Trinajstić information content (AvgIpc) is 2.95. The summed E-state index contributed by atoms with van der Waals surface area (Å²) in [7, 11) is -3.41. The zero-order chi connectivity index (χ0) is 14.6. The van der Waals surface area contributed by atoms with Gasteiger partial charge in [-0.1, -0.05) is 53.2 Å². The van der Waals surface area contributed by atoms with Gasteiger partial charge in [0.2, 0.25) is 10.0 Å². The van der Waals surface area contributed by atoms with Crippen molar-refractivity contribution in [2.24, 2.45) is 0 Å². The van der Waals surface area contributed by atoms with Gasteiger partial charge in [0, 0.05) is 11.4 Å². The van der Waals surface area contributed by atoms with Crippen LogP contribution in [0.25, 0.3) is 0 Å². The van der Waals surface area contributed by atoms with Crippen LogP contribution >= 0.6 is 27.3 Å². The van der Waals surface area contributed by atoms with Crippen LogP contribution in [0.2, 0.25) is 0 Å². The third-order valence-corrected chi connectivity index (χ3v) is 6.86. The molecule has 1 unspecified atom stereocenters. The van der Waals surface area contributed by atoms with E-state index in [0.29, 0.717) is 10.8 Å². The molecule has 0 bridgehead atoms. The molecule has 3 nitrogen and oxygen atoms in total. The molecule has 1 aromatic carbocycles. The lowest BCUT2D eigenvalue weighted by Gasteiger charge is -2.11. The Bertz CT molecular complexity index is 653. The van der Waals surface area contributed by atoms with Crippen molar-refractivity contribution in [1.29, 1.82) is 0 Å². The predicted molar refractivity (Wildman–Crippen MR) is 87.0 cm³/mol. The zero-order valence-corrected chi connectivity index (χ0v) is 14.3. The second-order valence-electron chi connectivity index (χ2n) is 4.30. The Kier molecular flexibility index (Phi) is 5.37. The van der Waals surface area contributed by atoms with Crippen molar-refractivity contribution in [3.8, 4) is 0 Å². The van der Waals surface area contributed by atoms with Crippen LogP contribution in [0.1, 0.15) is 22.2 Å². The van der Waals surface area contributed by atoms with Crippen molar-refractivity contribution in [1.82, 2.24) is 4.72 Å². The standard InChI is InChI=1S/C14H16BrNO2S2/c1-2-12-8-9-14(19-12)20(17,18)16-10-13(15)11-6-4-3-5-7-11/h3-9,13,16H,2,10H2,1H3. The Labute approximate surface area is 132 Å². The normalized spacial score (nSPS) is 13.3. The summed E-state index contributed by atoms with van der Waals surface area (Å²) in [5.41, 5.74) is 1.05. The van der Waals surface area contributed by atoms with Crippen molar-refractivity contribution >= 4 is 37.3 Å². The smallest absolute Gasteiger partial charge is 0.209 e. The lowest BCUT2D eigenvalue weighted by atomic mass is 10.2. The maximum Gasteiger partial charge on any atom is 0.250 e. The highest BCUT2D eigenvalue weighted by Crippen LogP contribution is 2.24. The van der Waals surface area contributed by atoms with Gasteiger partial charge in [-0.2, -0.15) is 0 Å². The Morgan fingerprint density at radius 1 is 1.20 bits per heavy atom. The maximum absolute atomic E-state index is 12.2. The minimum Gasteiger partial charge on any atom is -0.209 e. The van der Waals surface area contributed by atoms with E-state index in [-0.39, 0.29) is 4.83 Å². The van der Waals surface area contributed by atoms with Crippen LogP contribution in [0.3, 0.4) is 0 Å². The van der Waals surface area contributed by atoms with E-state index in [4.69, 9.17) is 0 Å². The Balaban J connectivity index is 2.02. The first-order chi connectivity index (χ1) is 9.53. The SMILES string of the molecule is CCc1ccc(S(=O)(=O)NCC(Br)c2ccccc2)s1. The number of hydrogen-bond acceptors (Lipinski definition) is 3. The Morgan fingerprint density at radius 2 is 1.90 bits per heavy atom. The molecule has 108 valence electrons. The number of benzene rings is 1. The van der Waals surface area contributed by atoms with Gasteiger partial charge in [0.25, 0.3) is 0 Å². The van der Waals surface area contributed by atoms with Crippen LogP contribution in [-0.2, 0) is 16.4 Å². The van der Waals surface area contributed by atoms with Gasteiger partial charge < -0.3 is 0 Å². The van der Waals surface area contributed by atoms with Crippen molar-refractivity contribution in [2.45, 2.75) is 22.4 Å². The molecular formula is C14H16BrNO2S2. The van der Waals surface area contributed by atoms with Gasteiger partial charge in [-0.3, -0.25) is 0 Å². The number of alkyl halides is 1. The summed E-state index contributed by atoms with van der Waals surface area (Å²) in [6.07, 6.45) is 0.852. The molecule has 1 heterocycles. The highest BCUT2D eigenvalue weighted by atomic mass is 79.9. The van der Waals surface area contributed by atoms with Crippen LogP contribution in [0.15, 0.2) is 46.7 Å². The first-order valence-corrected chi connectivity index (χ1v) is 9.52. The number of nitrogens with one attached hydrogen (secondary N) is 1. The Hall–Kier alpha value is -0.690.